The van der Waals surface area contributed by atoms with Gasteiger partial charge in [-0.1, -0.05) is 6.92 Å². The molecule has 2 unspecified atom stereocenters. The molecule has 3 N–H and O–H groups in total. The number of hydrogen-bond donors (Lipinski definition) is 2. The van der Waals surface area contributed by atoms with Crippen molar-refractivity contribution in [2.24, 2.45) is 10.7 Å². The van der Waals surface area contributed by atoms with Gasteiger partial charge in [-0.2, -0.15) is 0 Å². The van der Waals surface area contributed by atoms with Crippen LogP contribution in [0.2, 0.25) is 0 Å². The SMILES string of the molecule is CCC(C)N=C(N)NC(=O)C(C)OC(C)=O. The first-order chi connectivity index (χ1) is 7.36. The van der Waals surface area contributed by atoms with Crippen LogP contribution in [-0.4, -0.2) is 30.0 Å². The van der Waals surface area contributed by atoms with Gasteiger partial charge in [0.25, 0.3) is 5.91 Å². The minimum absolute atomic E-state index is 0.0401. The molecule has 0 saturated carbocycles. The first kappa shape index (κ1) is 14.4. The Morgan fingerprint density at radius 2 is 2.00 bits per heavy atom. The average molecular weight is 229 g/mol. The van der Waals surface area contributed by atoms with Gasteiger partial charge in [0, 0.05) is 6.92 Å². The molecular weight excluding hydrogens is 210 g/mol. The molecule has 0 radical (unpaired) electrons. The third-order valence-electron chi connectivity index (χ3n) is 1.91. The van der Waals surface area contributed by atoms with E-state index in [9.17, 15) is 9.59 Å². The van der Waals surface area contributed by atoms with Crippen LogP contribution in [0.15, 0.2) is 4.99 Å². The second kappa shape index (κ2) is 6.81. The van der Waals surface area contributed by atoms with Crippen LogP contribution in [-0.2, 0) is 14.3 Å². The fourth-order valence-corrected chi connectivity index (χ4v) is 0.891. The zero-order chi connectivity index (χ0) is 12.7. The van der Waals surface area contributed by atoms with Gasteiger partial charge in [-0.25, -0.2) is 0 Å². The van der Waals surface area contributed by atoms with Gasteiger partial charge in [0.2, 0.25) is 0 Å². The lowest BCUT2D eigenvalue weighted by atomic mass is 10.3. The van der Waals surface area contributed by atoms with Crippen molar-refractivity contribution >= 4 is 17.8 Å². The Morgan fingerprint density at radius 1 is 1.44 bits per heavy atom. The molecule has 0 aromatic carbocycles. The van der Waals surface area contributed by atoms with E-state index in [4.69, 9.17) is 5.73 Å². The van der Waals surface area contributed by atoms with Crippen molar-refractivity contribution in [3.63, 3.8) is 0 Å². The maximum atomic E-state index is 11.4. The molecular formula is C10H19N3O3. The minimum atomic E-state index is -0.872. The van der Waals surface area contributed by atoms with Gasteiger partial charge in [-0.3, -0.25) is 19.9 Å². The van der Waals surface area contributed by atoms with Crippen molar-refractivity contribution < 1.29 is 14.3 Å². The van der Waals surface area contributed by atoms with Gasteiger partial charge < -0.3 is 10.5 Å². The molecule has 0 aliphatic rings. The summed E-state index contributed by atoms with van der Waals surface area (Å²) in [5.41, 5.74) is 5.50. The molecule has 16 heavy (non-hydrogen) atoms. The predicted octanol–water partition coefficient (Wildman–Crippen LogP) is 0.167. The summed E-state index contributed by atoms with van der Waals surface area (Å²) in [5.74, 6) is -0.960. The Morgan fingerprint density at radius 3 is 2.44 bits per heavy atom. The van der Waals surface area contributed by atoms with Crippen LogP contribution >= 0.6 is 0 Å². The Kier molecular flexibility index (Phi) is 6.14. The van der Waals surface area contributed by atoms with Crippen LogP contribution in [0.1, 0.15) is 34.1 Å². The molecule has 0 spiro atoms. The number of esters is 1. The summed E-state index contributed by atoms with van der Waals surface area (Å²) in [6.07, 6.45) is -0.0426. The molecule has 0 aliphatic heterocycles. The van der Waals surface area contributed by atoms with Gasteiger partial charge in [-0.05, 0) is 20.3 Å². The lowest BCUT2D eigenvalue weighted by Gasteiger charge is -2.12. The van der Waals surface area contributed by atoms with E-state index in [2.05, 4.69) is 15.0 Å². The summed E-state index contributed by atoms with van der Waals surface area (Å²) in [7, 11) is 0. The number of ether oxygens (including phenoxy) is 1. The van der Waals surface area contributed by atoms with Crippen molar-refractivity contribution in [3.8, 4) is 0 Å². The number of guanidine groups is 1. The highest BCUT2D eigenvalue weighted by Crippen LogP contribution is 1.94. The minimum Gasteiger partial charge on any atom is -0.453 e. The number of carbonyl (C=O) groups excluding carboxylic acids is 2. The van der Waals surface area contributed by atoms with E-state index in [-0.39, 0.29) is 12.0 Å². The van der Waals surface area contributed by atoms with Crippen molar-refractivity contribution in [1.82, 2.24) is 5.32 Å². The monoisotopic (exact) mass is 229 g/mol. The highest BCUT2D eigenvalue weighted by Gasteiger charge is 2.16. The van der Waals surface area contributed by atoms with Gasteiger partial charge >= 0.3 is 5.97 Å². The topological polar surface area (TPSA) is 93.8 Å². The summed E-state index contributed by atoms with van der Waals surface area (Å²) in [4.78, 5) is 26.0. The largest absolute Gasteiger partial charge is 0.453 e. The van der Waals surface area contributed by atoms with Crippen molar-refractivity contribution in [1.29, 1.82) is 0 Å². The van der Waals surface area contributed by atoms with Crippen molar-refractivity contribution in [3.05, 3.63) is 0 Å². The first-order valence-electron chi connectivity index (χ1n) is 5.18. The third-order valence-corrected chi connectivity index (χ3v) is 1.91. The van der Waals surface area contributed by atoms with E-state index >= 15 is 0 Å². The van der Waals surface area contributed by atoms with Crippen LogP contribution in [0.5, 0.6) is 0 Å². The molecule has 1 amide bonds. The fraction of sp³-hybridized carbons (Fsp3) is 0.700. The molecule has 2 atom stereocenters. The van der Waals surface area contributed by atoms with Crippen molar-refractivity contribution in [2.75, 3.05) is 0 Å². The quantitative estimate of drug-likeness (QED) is 0.408. The van der Waals surface area contributed by atoms with Gasteiger partial charge in [0.15, 0.2) is 12.1 Å². The Balaban J connectivity index is 4.23. The molecule has 0 bridgehead atoms. The molecule has 0 heterocycles. The second-order valence-electron chi connectivity index (χ2n) is 3.51. The van der Waals surface area contributed by atoms with Crippen LogP contribution < -0.4 is 11.1 Å². The van der Waals surface area contributed by atoms with E-state index in [0.29, 0.717) is 0 Å². The van der Waals surface area contributed by atoms with E-state index in [1.807, 2.05) is 13.8 Å². The van der Waals surface area contributed by atoms with E-state index in [0.717, 1.165) is 6.42 Å². The molecule has 0 rings (SSSR count). The second-order valence-corrected chi connectivity index (χ2v) is 3.51. The summed E-state index contributed by atoms with van der Waals surface area (Å²) in [5, 5.41) is 2.36. The third kappa shape index (κ3) is 6.00. The summed E-state index contributed by atoms with van der Waals surface area (Å²) in [6.45, 7) is 6.55. The van der Waals surface area contributed by atoms with Crippen LogP contribution in [0.3, 0.4) is 0 Å². The van der Waals surface area contributed by atoms with Crippen LogP contribution in [0, 0.1) is 0 Å². The Hall–Kier alpha value is -1.59. The summed E-state index contributed by atoms with van der Waals surface area (Å²) < 4.78 is 4.68. The molecule has 0 aliphatic carbocycles. The van der Waals surface area contributed by atoms with E-state index in [1.165, 1.54) is 13.8 Å². The molecule has 92 valence electrons. The lowest BCUT2D eigenvalue weighted by Crippen LogP contribution is -2.43. The maximum Gasteiger partial charge on any atom is 0.303 e. The molecule has 0 aromatic rings. The number of aliphatic imine (C=N–C) groups is 1. The highest BCUT2D eigenvalue weighted by atomic mass is 16.5. The first-order valence-corrected chi connectivity index (χ1v) is 5.18. The Labute approximate surface area is 95.2 Å². The number of amides is 1. The fourth-order valence-electron chi connectivity index (χ4n) is 0.891. The van der Waals surface area contributed by atoms with Crippen LogP contribution in [0.25, 0.3) is 0 Å². The number of hydrogen-bond acceptors (Lipinski definition) is 4. The number of nitrogens with zero attached hydrogens (tertiary/aromatic N) is 1. The van der Waals surface area contributed by atoms with Gasteiger partial charge in [0.05, 0.1) is 6.04 Å². The smallest absolute Gasteiger partial charge is 0.303 e. The van der Waals surface area contributed by atoms with Crippen LogP contribution in [0.4, 0.5) is 0 Å². The molecule has 6 heteroatoms. The van der Waals surface area contributed by atoms with E-state index < -0.39 is 18.0 Å². The zero-order valence-electron chi connectivity index (χ0n) is 10.1. The Bertz CT molecular complexity index is 289. The molecule has 0 saturated heterocycles. The normalized spacial score (nSPS) is 15.1. The standard InChI is InChI=1S/C10H19N3O3/c1-5-6(2)12-10(11)13-9(15)7(3)16-8(4)14/h6-7H,5H2,1-4H3,(H3,11,12,13,15). The number of carbonyl (C=O) groups is 2. The summed E-state index contributed by atoms with van der Waals surface area (Å²) >= 11 is 0. The van der Waals surface area contributed by atoms with Gasteiger partial charge in [0.1, 0.15) is 0 Å². The molecule has 0 aromatic heterocycles. The van der Waals surface area contributed by atoms with E-state index in [1.54, 1.807) is 0 Å². The maximum absolute atomic E-state index is 11.4. The lowest BCUT2D eigenvalue weighted by molar-refractivity contribution is -0.152. The highest BCUT2D eigenvalue weighted by molar-refractivity contribution is 5.98. The number of nitrogens with two attached hydrogens (primary N) is 1. The average Bonchev–Trinajstić information content (AvgIpc) is 2.16. The molecule has 6 nitrogen and oxygen atoms in total. The number of nitrogens with one attached hydrogen (secondary N) is 1. The predicted molar refractivity (Wildman–Crippen MR) is 60.7 cm³/mol. The van der Waals surface area contributed by atoms with Gasteiger partial charge in [-0.15, -0.1) is 0 Å². The number of rotatable bonds is 4. The summed E-state index contributed by atoms with van der Waals surface area (Å²) in [6, 6.07) is 0.0457. The zero-order valence-corrected chi connectivity index (χ0v) is 10.1. The molecule has 0 fully saturated rings. The van der Waals surface area contributed by atoms with Crippen molar-refractivity contribution in [2.45, 2.75) is 46.3 Å².